The predicted octanol–water partition coefficient (Wildman–Crippen LogP) is 3.07. The van der Waals surface area contributed by atoms with Crippen LogP contribution in [0, 0.1) is 0 Å². The number of anilines is 1. The molecule has 12 heavy (non-hydrogen) atoms. The summed E-state index contributed by atoms with van der Waals surface area (Å²) in [6, 6.07) is 6.07. The Morgan fingerprint density at radius 1 is 1.58 bits per heavy atom. The number of methoxy groups -OCH3 is 1. The lowest BCUT2D eigenvalue weighted by atomic mass is 10.3. The third kappa shape index (κ3) is 2.29. The Labute approximate surface area is 85.0 Å². The zero-order chi connectivity index (χ0) is 8.97. The Morgan fingerprint density at radius 3 is 2.92 bits per heavy atom. The molecule has 0 aromatic heterocycles. The second-order valence-corrected chi connectivity index (χ2v) is 3.34. The Kier molecular flexibility index (Phi) is 3.69. The average Bonchev–Trinajstić information content (AvgIpc) is 2.05. The van der Waals surface area contributed by atoms with Crippen LogP contribution in [0.1, 0.15) is 0 Å². The van der Waals surface area contributed by atoms with Gasteiger partial charge in [-0.05, 0) is 18.2 Å². The quantitative estimate of drug-likeness (QED) is 0.657. The highest BCUT2D eigenvalue weighted by atomic mass is 79.9. The van der Waals surface area contributed by atoms with Crippen LogP contribution in [0.2, 0.25) is 0 Å². The molecule has 1 N–H and O–H groups in total. The number of nitrogens with one attached hydrogen (secondary N) is 1. The van der Waals surface area contributed by atoms with Gasteiger partial charge < -0.3 is 10.1 Å². The van der Waals surface area contributed by atoms with Gasteiger partial charge in [-0.1, -0.05) is 15.9 Å². The van der Waals surface area contributed by atoms with E-state index in [-0.39, 0.29) is 0 Å². The van der Waals surface area contributed by atoms with Gasteiger partial charge in [0.05, 0.1) is 18.8 Å². The first-order valence-corrected chi connectivity index (χ1v) is 4.74. The van der Waals surface area contributed by atoms with E-state index in [0.29, 0.717) is 6.00 Å². The van der Waals surface area contributed by atoms with Gasteiger partial charge in [-0.3, -0.25) is 0 Å². The molecule has 1 aromatic rings. The zero-order valence-corrected chi connectivity index (χ0v) is 8.95. The maximum absolute atomic E-state index is 5.54. The third-order valence-corrected chi connectivity index (χ3v) is 2.05. The molecule has 1 rings (SSSR count). The van der Waals surface area contributed by atoms with E-state index >= 15 is 0 Å². The lowest BCUT2D eigenvalue weighted by Gasteiger charge is -2.08. The second-order valence-electron chi connectivity index (χ2n) is 2.16. The van der Waals surface area contributed by atoms with E-state index in [1.54, 1.807) is 7.11 Å². The summed E-state index contributed by atoms with van der Waals surface area (Å²) in [5.74, 6) is 0.791. The molecule has 0 aliphatic heterocycles. The topological polar surface area (TPSA) is 21.3 Å². The normalized spacial score (nSPS) is 9.58. The highest BCUT2D eigenvalue weighted by Crippen LogP contribution is 2.27. The summed E-state index contributed by atoms with van der Waals surface area (Å²) in [6.45, 7) is 0. The highest BCUT2D eigenvalue weighted by molar-refractivity contribution is 9.10. The molecule has 0 spiro atoms. The summed E-state index contributed by atoms with van der Waals surface area (Å²) >= 11 is 8.89. The fraction of sp³-hybridized carbons (Fsp3) is 0.250. The molecular formula is C8H9BrClNO. The minimum absolute atomic E-state index is 0.368. The van der Waals surface area contributed by atoms with Crippen molar-refractivity contribution >= 4 is 33.2 Å². The molecule has 0 bridgehead atoms. The van der Waals surface area contributed by atoms with E-state index in [1.165, 1.54) is 0 Å². The van der Waals surface area contributed by atoms with Crippen molar-refractivity contribution in [2.24, 2.45) is 0 Å². The second kappa shape index (κ2) is 4.58. The fourth-order valence-electron chi connectivity index (χ4n) is 0.890. The average molecular weight is 251 g/mol. The van der Waals surface area contributed by atoms with Crippen LogP contribution in [0.3, 0.4) is 0 Å². The van der Waals surface area contributed by atoms with E-state index in [0.717, 1.165) is 15.9 Å². The number of rotatable bonds is 3. The van der Waals surface area contributed by atoms with E-state index < -0.39 is 0 Å². The monoisotopic (exact) mass is 249 g/mol. The summed E-state index contributed by atoms with van der Waals surface area (Å²) < 4.78 is 6.11. The molecule has 0 unspecified atom stereocenters. The highest BCUT2D eigenvalue weighted by Gasteiger charge is 2.00. The maximum atomic E-state index is 5.54. The van der Waals surface area contributed by atoms with Gasteiger partial charge in [0, 0.05) is 4.47 Å². The molecule has 0 atom stereocenters. The van der Waals surface area contributed by atoms with Crippen molar-refractivity contribution in [3.05, 3.63) is 22.7 Å². The van der Waals surface area contributed by atoms with Crippen LogP contribution in [-0.2, 0) is 0 Å². The minimum atomic E-state index is 0.368. The largest absolute Gasteiger partial charge is 0.495 e. The van der Waals surface area contributed by atoms with Gasteiger partial charge in [-0.2, -0.15) is 0 Å². The fourth-order valence-corrected chi connectivity index (χ4v) is 1.40. The first-order valence-electron chi connectivity index (χ1n) is 3.41. The Hall–Kier alpha value is -0.410. The molecule has 0 radical (unpaired) electrons. The van der Waals surface area contributed by atoms with Crippen molar-refractivity contribution in [3.63, 3.8) is 0 Å². The van der Waals surface area contributed by atoms with Crippen molar-refractivity contribution in [1.82, 2.24) is 0 Å². The number of halogens is 2. The number of hydrogen-bond donors (Lipinski definition) is 1. The van der Waals surface area contributed by atoms with Crippen LogP contribution in [0.15, 0.2) is 22.7 Å². The van der Waals surface area contributed by atoms with Crippen LogP contribution >= 0.6 is 27.5 Å². The molecular weight excluding hydrogens is 241 g/mol. The summed E-state index contributed by atoms with van der Waals surface area (Å²) in [6.07, 6.45) is 0. The van der Waals surface area contributed by atoms with E-state index in [4.69, 9.17) is 16.3 Å². The molecule has 0 fully saturated rings. The number of benzene rings is 1. The van der Waals surface area contributed by atoms with Gasteiger partial charge in [0.25, 0.3) is 0 Å². The standard InChI is InChI=1S/C8H9BrClNO/c1-12-8-3-2-6(9)4-7(8)11-5-10/h2-4,11H,5H2,1H3. The molecule has 0 amide bonds. The summed E-state index contributed by atoms with van der Waals surface area (Å²) in [5, 5.41) is 2.98. The molecule has 0 heterocycles. The first kappa shape index (κ1) is 9.68. The van der Waals surface area contributed by atoms with E-state index in [2.05, 4.69) is 21.2 Å². The molecule has 4 heteroatoms. The van der Waals surface area contributed by atoms with Gasteiger partial charge in [-0.25, -0.2) is 0 Å². The molecule has 0 saturated heterocycles. The van der Waals surface area contributed by atoms with Crippen LogP contribution in [0.5, 0.6) is 5.75 Å². The number of hydrogen-bond acceptors (Lipinski definition) is 2. The van der Waals surface area contributed by atoms with Crippen LogP contribution in [0.25, 0.3) is 0 Å². The van der Waals surface area contributed by atoms with Gasteiger partial charge in [-0.15, -0.1) is 11.6 Å². The van der Waals surface area contributed by atoms with Crippen LogP contribution in [-0.4, -0.2) is 13.1 Å². The van der Waals surface area contributed by atoms with Gasteiger partial charge in [0.1, 0.15) is 5.75 Å². The Balaban J connectivity index is 2.95. The molecule has 66 valence electrons. The first-order chi connectivity index (χ1) is 5.77. The van der Waals surface area contributed by atoms with Crippen molar-refractivity contribution in [1.29, 1.82) is 0 Å². The smallest absolute Gasteiger partial charge is 0.142 e. The van der Waals surface area contributed by atoms with Crippen molar-refractivity contribution in [2.45, 2.75) is 0 Å². The molecule has 0 aliphatic rings. The third-order valence-electron chi connectivity index (χ3n) is 1.42. The van der Waals surface area contributed by atoms with Crippen LogP contribution < -0.4 is 10.1 Å². The summed E-state index contributed by atoms with van der Waals surface area (Å²) in [5.41, 5.74) is 0.891. The number of alkyl halides is 1. The summed E-state index contributed by atoms with van der Waals surface area (Å²) in [4.78, 5) is 0. The maximum Gasteiger partial charge on any atom is 0.142 e. The molecule has 0 aliphatic carbocycles. The molecule has 1 aromatic carbocycles. The van der Waals surface area contributed by atoms with Gasteiger partial charge in [0.15, 0.2) is 0 Å². The predicted molar refractivity (Wildman–Crippen MR) is 55.0 cm³/mol. The lowest BCUT2D eigenvalue weighted by molar-refractivity contribution is 0.416. The van der Waals surface area contributed by atoms with Gasteiger partial charge >= 0.3 is 0 Å². The number of ether oxygens (including phenoxy) is 1. The molecule has 0 saturated carbocycles. The van der Waals surface area contributed by atoms with Crippen molar-refractivity contribution < 1.29 is 4.74 Å². The van der Waals surface area contributed by atoms with E-state index in [9.17, 15) is 0 Å². The Morgan fingerprint density at radius 2 is 2.33 bits per heavy atom. The van der Waals surface area contributed by atoms with Gasteiger partial charge in [0.2, 0.25) is 0 Å². The zero-order valence-electron chi connectivity index (χ0n) is 6.60. The SMILES string of the molecule is COc1ccc(Br)cc1NCCl. The minimum Gasteiger partial charge on any atom is -0.495 e. The molecule has 2 nitrogen and oxygen atoms in total. The van der Waals surface area contributed by atoms with Crippen molar-refractivity contribution in [2.75, 3.05) is 18.4 Å². The van der Waals surface area contributed by atoms with E-state index in [1.807, 2.05) is 18.2 Å². The lowest BCUT2D eigenvalue weighted by Crippen LogP contribution is -1.97. The van der Waals surface area contributed by atoms with Crippen LogP contribution in [0.4, 0.5) is 5.69 Å². The Bertz CT molecular complexity index is 267. The van der Waals surface area contributed by atoms with Crippen molar-refractivity contribution in [3.8, 4) is 5.75 Å². The summed E-state index contributed by atoms with van der Waals surface area (Å²) in [7, 11) is 1.63.